The van der Waals surface area contributed by atoms with Gasteiger partial charge in [-0.05, 0) is 35.2 Å². The Balaban J connectivity index is 2.05. The van der Waals surface area contributed by atoms with Gasteiger partial charge in [0, 0.05) is 5.41 Å². The summed E-state index contributed by atoms with van der Waals surface area (Å²) in [6, 6.07) is 0. The van der Waals surface area contributed by atoms with Crippen LogP contribution in [0.3, 0.4) is 0 Å². The molecule has 0 aliphatic heterocycles. The zero-order valence-electron chi connectivity index (χ0n) is 12.7. The van der Waals surface area contributed by atoms with E-state index in [1.54, 1.807) is 16.7 Å². The monoisotopic (exact) mass is 242 g/mol. The highest BCUT2D eigenvalue weighted by Gasteiger charge is 2.54. The van der Waals surface area contributed by atoms with E-state index in [0.717, 1.165) is 5.92 Å². The molecule has 2 bridgehead atoms. The summed E-state index contributed by atoms with van der Waals surface area (Å²) in [6.07, 6.45) is 10.1. The maximum Gasteiger partial charge on any atom is 0.0189 e. The normalized spacial score (nSPS) is 34.3. The van der Waals surface area contributed by atoms with Crippen molar-refractivity contribution in [2.24, 2.45) is 22.2 Å². The predicted molar refractivity (Wildman–Crippen MR) is 78.3 cm³/mol. The Morgan fingerprint density at radius 1 is 1.11 bits per heavy atom. The highest BCUT2D eigenvalue weighted by molar-refractivity contribution is 5.56. The van der Waals surface area contributed by atoms with Gasteiger partial charge in [0.05, 0.1) is 0 Å². The molecule has 2 unspecified atom stereocenters. The van der Waals surface area contributed by atoms with Gasteiger partial charge < -0.3 is 0 Å². The standard InChI is InChI=1S/C18H26/c1-16(2,3)13-9-14-12-7-8-18(11-12,15(14)10-13)17(4,5)6/h7-8,10,12H,9,11H2,1-6H3. The minimum Gasteiger partial charge on any atom is -0.0804 e. The van der Waals surface area contributed by atoms with E-state index in [1.165, 1.54) is 12.8 Å². The number of fused-ring (bicyclic) bond motifs is 4. The summed E-state index contributed by atoms with van der Waals surface area (Å²) in [5.74, 6) is 0.732. The van der Waals surface area contributed by atoms with Crippen molar-refractivity contribution < 1.29 is 0 Å². The zero-order valence-corrected chi connectivity index (χ0v) is 12.7. The molecule has 3 rings (SSSR count). The lowest BCUT2D eigenvalue weighted by Gasteiger charge is -2.40. The van der Waals surface area contributed by atoms with Crippen LogP contribution in [0, 0.1) is 22.2 Å². The first-order valence-corrected chi connectivity index (χ1v) is 7.29. The van der Waals surface area contributed by atoms with Crippen LogP contribution < -0.4 is 0 Å². The molecule has 0 N–H and O–H groups in total. The first-order valence-electron chi connectivity index (χ1n) is 7.29. The molecule has 0 aromatic heterocycles. The van der Waals surface area contributed by atoms with E-state index in [1.807, 2.05) is 0 Å². The summed E-state index contributed by atoms with van der Waals surface area (Å²) in [5, 5.41) is 0. The van der Waals surface area contributed by atoms with Gasteiger partial charge in [-0.15, -0.1) is 0 Å². The van der Waals surface area contributed by atoms with Crippen LogP contribution in [0.1, 0.15) is 54.4 Å². The smallest absolute Gasteiger partial charge is 0.0189 e. The van der Waals surface area contributed by atoms with Gasteiger partial charge in [-0.25, -0.2) is 0 Å². The van der Waals surface area contributed by atoms with Crippen molar-refractivity contribution in [3.63, 3.8) is 0 Å². The molecule has 98 valence electrons. The minimum atomic E-state index is 0.319. The molecule has 0 heteroatoms. The maximum absolute atomic E-state index is 2.55. The van der Waals surface area contributed by atoms with Crippen LogP contribution in [0.2, 0.25) is 0 Å². The van der Waals surface area contributed by atoms with Gasteiger partial charge in [0.1, 0.15) is 0 Å². The minimum absolute atomic E-state index is 0.319. The Kier molecular flexibility index (Phi) is 2.19. The van der Waals surface area contributed by atoms with Crippen molar-refractivity contribution in [2.45, 2.75) is 54.4 Å². The second-order valence-electron chi connectivity index (χ2n) is 8.43. The topological polar surface area (TPSA) is 0 Å². The Labute approximate surface area is 112 Å². The van der Waals surface area contributed by atoms with E-state index in [0.29, 0.717) is 16.2 Å². The van der Waals surface area contributed by atoms with Crippen molar-refractivity contribution in [3.05, 3.63) is 34.9 Å². The summed E-state index contributed by atoms with van der Waals surface area (Å²) in [4.78, 5) is 0. The van der Waals surface area contributed by atoms with Crippen molar-refractivity contribution in [1.29, 1.82) is 0 Å². The molecule has 0 fully saturated rings. The van der Waals surface area contributed by atoms with Gasteiger partial charge in [-0.1, -0.05) is 70.9 Å². The first-order chi connectivity index (χ1) is 8.15. The fraction of sp³-hybridized carbons (Fsp3) is 0.667. The zero-order chi connectivity index (χ0) is 13.3. The highest BCUT2D eigenvalue weighted by atomic mass is 14.6. The molecule has 0 radical (unpaired) electrons. The van der Waals surface area contributed by atoms with Crippen molar-refractivity contribution in [2.75, 3.05) is 0 Å². The van der Waals surface area contributed by atoms with Crippen LogP contribution in [-0.4, -0.2) is 0 Å². The second kappa shape index (κ2) is 3.21. The largest absolute Gasteiger partial charge is 0.0804 e. The maximum atomic E-state index is 2.55. The Morgan fingerprint density at radius 2 is 1.78 bits per heavy atom. The van der Waals surface area contributed by atoms with Gasteiger partial charge in [0.15, 0.2) is 0 Å². The Bertz CT molecular complexity index is 485. The summed E-state index contributed by atoms with van der Waals surface area (Å²) < 4.78 is 0. The Morgan fingerprint density at radius 3 is 2.33 bits per heavy atom. The predicted octanol–water partition coefficient (Wildman–Crippen LogP) is 5.28. The summed E-state index contributed by atoms with van der Waals surface area (Å²) in [5.41, 5.74) is 6.02. The van der Waals surface area contributed by atoms with Crippen molar-refractivity contribution in [3.8, 4) is 0 Å². The molecule has 3 aliphatic carbocycles. The molecule has 3 aliphatic rings. The van der Waals surface area contributed by atoms with Gasteiger partial charge in [-0.3, -0.25) is 0 Å². The third kappa shape index (κ3) is 1.38. The number of hydrogen-bond donors (Lipinski definition) is 0. The van der Waals surface area contributed by atoms with E-state index in [4.69, 9.17) is 0 Å². The van der Waals surface area contributed by atoms with Crippen LogP contribution in [0.5, 0.6) is 0 Å². The van der Waals surface area contributed by atoms with Crippen LogP contribution in [0.25, 0.3) is 0 Å². The molecule has 0 spiro atoms. The molecule has 0 nitrogen and oxygen atoms in total. The number of hydrogen-bond acceptors (Lipinski definition) is 0. The van der Waals surface area contributed by atoms with E-state index in [9.17, 15) is 0 Å². The fourth-order valence-electron chi connectivity index (χ4n) is 4.01. The molecule has 0 heterocycles. The summed E-state index contributed by atoms with van der Waals surface area (Å²) in [7, 11) is 0. The average Bonchev–Trinajstić information content (AvgIpc) is 2.86. The van der Waals surface area contributed by atoms with E-state index in [-0.39, 0.29) is 0 Å². The molecule has 18 heavy (non-hydrogen) atoms. The van der Waals surface area contributed by atoms with Crippen LogP contribution in [0.15, 0.2) is 34.9 Å². The van der Waals surface area contributed by atoms with E-state index in [2.05, 4.69) is 59.8 Å². The second-order valence-corrected chi connectivity index (χ2v) is 8.43. The summed E-state index contributed by atoms with van der Waals surface area (Å²) >= 11 is 0. The van der Waals surface area contributed by atoms with Crippen molar-refractivity contribution in [1.82, 2.24) is 0 Å². The third-order valence-corrected chi connectivity index (χ3v) is 5.43. The van der Waals surface area contributed by atoms with Gasteiger partial charge in [-0.2, -0.15) is 0 Å². The molecular formula is C18H26. The lowest BCUT2D eigenvalue weighted by atomic mass is 9.63. The SMILES string of the molecule is CC(C)(C)C1=CC2=C(C1)C1C=CC2(C(C)(C)C)C1. The molecule has 0 saturated carbocycles. The van der Waals surface area contributed by atoms with Crippen LogP contribution in [-0.2, 0) is 0 Å². The number of rotatable bonds is 0. The van der Waals surface area contributed by atoms with Crippen LogP contribution >= 0.6 is 0 Å². The quantitative estimate of drug-likeness (QED) is 0.507. The van der Waals surface area contributed by atoms with Gasteiger partial charge in [0.2, 0.25) is 0 Å². The molecule has 2 atom stereocenters. The average molecular weight is 242 g/mol. The number of allylic oxidation sites excluding steroid dienone is 6. The van der Waals surface area contributed by atoms with E-state index < -0.39 is 0 Å². The van der Waals surface area contributed by atoms with Gasteiger partial charge in [0.25, 0.3) is 0 Å². The van der Waals surface area contributed by atoms with E-state index >= 15 is 0 Å². The fourth-order valence-corrected chi connectivity index (χ4v) is 4.01. The first kappa shape index (κ1) is 12.3. The lowest BCUT2D eigenvalue weighted by molar-refractivity contribution is 0.196. The molecule has 0 saturated heterocycles. The van der Waals surface area contributed by atoms with Crippen molar-refractivity contribution >= 4 is 0 Å². The molecular weight excluding hydrogens is 216 g/mol. The molecule has 0 aromatic rings. The molecule has 0 aromatic carbocycles. The molecule has 0 amide bonds. The van der Waals surface area contributed by atoms with Crippen LogP contribution in [0.4, 0.5) is 0 Å². The van der Waals surface area contributed by atoms with Gasteiger partial charge >= 0.3 is 0 Å². The summed E-state index contributed by atoms with van der Waals surface area (Å²) in [6.45, 7) is 14.2. The lowest BCUT2D eigenvalue weighted by Crippen LogP contribution is -2.32. The highest BCUT2D eigenvalue weighted by Crippen LogP contribution is 2.65. The third-order valence-electron chi connectivity index (χ3n) is 5.43. The Hall–Kier alpha value is -0.780.